The van der Waals surface area contributed by atoms with Crippen LogP contribution in [0.1, 0.15) is 21.5 Å². The van der Waals surface area contributed by atoms with Gasteiger partial charge in [0.05, 0.1) is 0 Å². The molecule has 1 fully saturated rings. The van der Waals surface area contributed by atoms with Crippen LogP contribution in [0.5, 0.6) is 0 Å². The van der Waals surface area contributed by atoms with Gasteiger partial charge < -0.3 is 21.4 Å². The van der Waals surface area contributed by atoms with Crippen LogP contribution in [0.2, 0.25) is 0 Å². The van der Waals surface area contributed by atoms with Crippen molar-refractivity contribution in [3.63, 3.8) is 0 Å². The third kappa shape index (κ3) is 7.81. The van der Waals surface area contributed by atoms with E-state index in [0.717, 1.165) is 55.2 Å². The summed E-state index contributed by atoms with van der Waals surface area (Å²) in [5, 5.41) is 3.04. The summed E-state index contributed by atoms with van der Waals surface area (Å²) < 4.78 is 0. The van der Waals surface area contributed by atoms with Crippen LogP contribution in [-0.4, -0.2) is 60.5 Å². The third-order valence-corrected chi connectivity index (χ3v) is 4.84. The second-order valence-electron chi connectivity index (χ2n) is 6.80. The summed E-state index contributed by atoms with van der Waals surface area (Å²) in [6, 6.07) is 9.70. The standard InChI is InChI=1S/C20H27N5O.3ClH.H2O/c1-15-13-17(21)14-16(2)19(15)20(26)23-7-8-24-9-11-25(12-10-24)18-5-3-4-6-22-18;;;;/h3-6,13-14H,7-12,21H2,1-2H3,(H,23,26);3*1H;1H2. The number of nitrogens with two attached hydrogens (primary N) is 1. The Bertz CT molecular complexity index is 749. The first-order chi connectivity index (χ1) is 12.5. The normalized spacial score (nSPS) is 13.1. The van der Waals surface area contributed by atoms with Crippen molar-refractivity contribution < 1.29 is 10.3 Å². The van der Waals surface area contributed by atoms with E-state index in [1.54, 1.807) is 0 Å². The number of nitrogens with one attached hydrogen (secondary N) is 1. The molecule has 0 aliphatic carbocycles. The van der Waals surface area contributed by atoms with Gasteiger partial charge in [-0.05, 0) is 49.2 Å². The minimum absolute atomic E-state index is 0. The van der Waals surface area contributed by atoms with Crippen LogP contribution in [-0.2, 0) is 0 Å². The predicted octanol–water partition coefficient (Wildman–Crippen LogP) is 2.27. The van der Waals surface area contributed by atoms with Gasteiger partial charge in [-0.15, -0.1) is 37.2 Å². The molecule has 2 heterocycles. The van der Waals surface area contributed by atoms with E-state index in [4.69, 9.17) is 5.73 Å². The van der Waals surface area contributed by atoms with Gasteiger partial charge in [-0.3, -0.25) is 9.69 Å². The minimum atomic E-state index is -0.0212. The average molecular weight is 481 g/mol. The van der Waals surface area contributed by atoms with Crippen LogP contribution >= 0.6 is 37.2 Å². The monoisotopic (exact) mass is 479 g/mol. The Morgan fingerprint density at radius 1 is 1.07 bits per heavy atom. The van der Waals surface area contributed by atoms with Crippen LogP contribution in [0.4, 0.5) is 11.5 Å². The molecule has 0 saturated carbocycles. The first-order valence-corrected chi connectivity index (χ1v) is 9.08. The molecule has 30 heavy (non-hydrogen) atoms. The van der Waals surface area contributed by atoms with Gasteiger partial charge in [-0.2, -0.15) is 0 Å². The smallest absolute Gasteiger partial charge is 0.251 e. The van der Waals surface area contributed by atoms with E-state index < -0.39 is 0 Å². The quantitative estimate of drug-likeness (QED) is 0.639. The van der Waals surface area contributed by atoms with Crippen LogP contribution in [0, 0.1) is 13.8 Å². The summed E-state index contributed by atoms with van der Waals surface area (Å²) in [6.45, 7) is 9.23. The lowest BCUT2D eigenvalue weighted by atomic mass is 10.0. The fourth-order valence-electron chi connectivity index (χ4n) is 3.51. The number of nitrogen functional groups attached to an aromatic ring is 1. The summed E-state index contributed by atoms with van der Waals surface area (Å²) in [7, 11) is 0. The van der Waals surface area contributed by atoms with E-state index in [2.05, 4.69) is 20.1 Å². The predicted molar refractivity (Wildman–Crippen MR) is 131 cm³/mol. The molecule has 0 radical (unpaired) electrons. The summed E-state index contributed by atoms with van der Waals surface area (Å²) in [5.41, 5.74) is 9.11. The van der Waals surface area contributed by atoms with Crippen LogP contribution in [0.25, 0.3) is 0 Å². The zero-order valence-corrected chi connectivity index (χ0v) is 19.7. The van der Waals surface area contributed by atoms with Crippen molar-refractivity contribution in [2.45, 2.75) is 13.8 Å². The van der Waals surface area contributed by atoms with E-state index in [1.165, 1.54) is 0 Å². The minimum Gasteiger partial charge on any atom is -0.412 e. The SMILES string of the molecule is Cc1cc(N)cc(C)c1C(=O)NCCN1CCN(c2ccccn2)CC1.Cl.Cl.Cl.O. The molecule has 0 atom stereocenters. The zero-order valence-electron chi connectivity index (χ0n) is 17.3. The molecule has 5 N–H and O–H groups in total. The van der Waals surface area contributed by atoms with Crippen molar-refractivity contribution in [1.29, 1.82) is 0 Å². The van der Waals surface area contributed by atoms with Gasteiger partial charge in [0.25, 0.3) is 5.91 Å². The van der Waals surface area contributed by atoms with Gasteiger partial charge in [0.2, 0.25) is 0 Å². The molecule has 1 aliphatic rings. The Morgan fingerprint density at radius 3 is 2.20 bits per heavy atom. The number of pyridine rings is 1. The van der Waals surface area contributed by atoms with Crippen molar-refractivity contribution in [3.8, 4) is 0 Å². The average Bonchev–Trinajstić information content (AvgIpc) is 2.62. The zero-order chi connectivity index (χ0) is 18.5. The number of anilines is 2. The summed E-state index contributed by atoms with van der Waals surface area (Å²) >= 11 is 0. The second kappa shape index (κ2) is 14.3. The van der Waals surface area contributed by atoms with Crippen molar-refractivity contribution in [2.24, 2.45) is 0 Å². The lowest BCUT2D eigenvalue weighted by Gasteiger charge is -2.35. The Kier molecular flexibility index (Phi) is 14.5. The Hall–Kier alpha value is -1.77. The third-order valence-electron chi connectivity index (χ3n) is 4.84. The number of benzene rings is 1. The molecule has 0 unspecified atom stereocenters. The molecule has 3 rings (SSSR count). The number of carbonyl (C=O) groups is 1. The van der Waals surface area contributed by atoms with E-state index in [0.29, 0.717) is 12.2 Å². The molecular weight excluding hydrogens is 449 g/mol. The van der Waals surface area contributed by atoms with Gasteiger partial charge in [0.15, 0.2) is 0 Å². The van der Waals surface area contributed by atoms with E-state index in [-0.39, 0.29) is 48.6 Å². The summed E-state index contributed by atoms with van der Waals surface area (Å²) in [5.74, 6) is 1.02. The van der Waals surface area contributed by atoms with Crippen molar-refractivity contribution in [1.82, 2.24) is 15.2 Å². The number of halogens is 3. The number of hydrogen-bond donors (Lipinski definition) is 2. The molecule has 170 valence electrons. The van der Waals surface area contributed by atoms with Crippen LogP contribution < -0.4 is 16.0 Å². The lowest BCUT2D eigenvalue weighted by molar-refractivity contribution is 0.0946. The Balaban J connectivity index is 0. The van der Waals surface area contributed by atoms with Gasteiger partial charge in [-0.1, -0.05) is 6.07 Å². The molecule has 1 amide bonds. The molecule has 2 aromatic rings. The first kappa shape index (κ1) is 30.4. The highest BCUT2D eigenvalue weighted by Gasteiger charge is 2.18. The van der Waals surface area contributed by atoms with E-state index in [9.17, 15) is 4.79 Å². The molecule has 1 aromatic carbocycles. The number of hydrogen-bond acceptors (Lipinski definition) is 5. The first-order valence-electron chi connectivity index (χ1n) is 9.08. The van der Waals surface area contributed by atoms with Crippen molar-refractivity contribution in [3.05, 3.63) is 53.2 Å². The Labute approximate surface area is 196 Å². The molecule has 1 aliphatic heterocycles. The lowest BCUT2D eigenvalue weighted by Crippen LogP contribution is -2.48. The molecule has 1 saturated heterocycles. The fraction of sp³-hybridized carbons (Fsp3) is 0.400. The van der Waals surface area contributed by atoms with Gasteiger partial charge in [0, 0.05) is 56.7 Å². The van der Waals surface area contributed by atoms with Crippen LogP contribution in [0.15, 0.2) is 36.5 Å². The highest BCUT2D eigenvalue weighted by molar-refractivity contribution is 5.97. The van der Waals surface area contributed by atoms with Gasteiger partial charge in [0.1, 0.15) is 5.82 Å². The molecule has 7 nitrogen and oxygen atoms in total. The maximum Gasteiger partial charge on any atom is 0.251 e. The van der Waals surface area contributed by atoms with Crippen LogP contribution in [0.3, 0.4) is 0 Å². The second-order valence-corrected chi connectivity index (χ2v) is 6.80. The van der Waals surface area contributed by atoms with Gasteiger partial charge in [-0.25, -0.2) is 4.98 Å². The number of piperazine rings is 1. The van der Waals surface area contributed by atoms with Crippen molar-refractivity contribution >= 4 is 54.6 Å². The molecular formula is C20H32Cl3N5O2. The highest BCUT2D eigenvalue weighted by Crippen LogP contribution is 2.18. The molecule has 10 heteroatoms. The largest absolute Gasteiger partial charge is 0.412 e. The molecule has 1 aromatic heterocycles. The van der Waals surface area contributed by atoms with Crippen molar-refractivity contribution in [2.75, 3.05) is 49.9 Å². The fourth-order valence-corrected chi connectivity index (χ4v) is 3.51. The molecule has 0 spiro atoms. The summed E-state index contributed by atoms with van der Waals surface area (Å²) in [6.07, 6.45) is 1.83. The molecule has 0 bridgehead atoms. The van der Waals surface area contributed by atoms with Gasteiger partial charge >= 0.3 is 0 Å². The van der Waals surface area contributed by atoms with E-state index >= 15 is 0 Å². The number of aryl methyl sites for hydroxylation is 2. The highest BCUT2D eigenvalue weighted by atomic mass is 35.5. The maximum atomic E-state index is 12.5. The van der Waals surface area contributed by atoms with E-state index in [1.807, 2.05) is 50.4 Å². The topological polar surface area (TPSA) is 106 Å². The number of amides is 1. The number of nitrogens with zero attached hydrogens (tertiary/aromatic N) is 3. The number of rotatable bonds is 5. The number of carbonyl (C=O) groups excluding carboxylic acids is 1. The summed E-state index contributed by atoms with van der Waals surface area (Å²) in [4.78, 5) is 21.6. The maximum absolute atomic E-state index is 12.5. The number of aromatic nitrogens is 1. The Morgan fingerprint density at radius 2 is 1.67 bits per heavy atom.